The maximum absolute atomic E-state index is 12.6. The molecule has 98 valence electrons. The molecule has 1 aromatic heterocycles. The molecule has 4 heteroatoms. The van der Waals surface area contributed by atoms with Crippen molar-refractivity contribution < 1.29 is 9.53 Å². The van der Waals surface area contributed by atoms with Gasteiger partial charge in [-0.1, -0.05) is 18.6 Å². The molecule has 4 nitrogen and oxygen atoms in total. The highest BCUT2D eigenvalue weighted by atomic mass is 16.5. The van der Waals surface area contributed by atoms with E-state index in [1.165, 1.54) is 4.68 Å². The lowest BCUT2D eigenvalue weighted by atomic mass is 9.64. The summed E-state index contributed by atoms with van der Waals surface area (Å²) < 4.78 is 6.61. The molecule has 0 saturated heterocycles. The first kappa shape index (κ1) is 12.0. The van der Waals surface area contributed by atoms with E-state index in [-0.39, 0.29) is 5.91 Å². The number of aromatic nitrogens is 2. The van der Waals surface area contributed by atoms with Gasteiger partial charge in [-0.05, 0) is 36.6 Å². The molecule has 1 heterocycles. The molecule has 2 aromatic rings. The van der Waals surface area contributed by atoms with Gasteiger partial charge >= 0.3 is 0 Å². The van der Waals surface area contributed by atoms with Crippen molar-refractivity contribution in [3.63, 3.8) is 0 Å². The van der Waals surface area contributed by atoms with Crippen molar-refractivity contribution in [1.29, 1.82) is 0 Å². The van der Waals surface area contributed by atoms with Crippen LogP contribution in [0.2, 0.25) is 0 Å². The molecule has 1 aliphatic carbocycles. The van der Waals surface area contributed by atoms with Crippen LogP contribution in [0.3, 0.4) is 0 Å². The zero-order valence-corrected chi connectivity index (χ0v) is 10.9. The van der Waals surface area contributed by atoms with Crippen LogP contribution in [0.5, 0.6) is 5.75 Å². The first-order chi connectivity index (χ1) is 9.26. The Labute approximate surface area is 112 Å². The number of nitrogens with zero attached hydrogens (tertiary/aromatic N) is 2. The molecule has 3 rings (SSSR count). The molecule has 0 N–H and O–H groups in total. The highest BCUT2D eigenvalue weighted by molar-refractivity contribution is 5.90. The van der Waals surface area contributed by atoms with Crippen LogP contribution < -0.4 is 4.74 Å². The molecule has 1 saturated carbocycles. The minimum absolute atomic E-state index is 0.0638. The van der Waals surface area contributed by atoms with Crippen LogP contribution in [0, 0.1) is 0 Å². The van der Waals surface area contributed by atoms with E-state index in [1.54, 1.807) is 25.6 Å². The summed E-state index contributed by atoms with van der Waals surface area (Å²) in [7, 11) is 1.64. The lowest BCUT2D eigenvalue weighted by molar-refractivity contribution is 0.0676. The van der Waals surface area contributed by atoms with Gasteiger partial charge in [0.2, 0.25) is 0 Å². The van der Waals surface area contributed by atoms with E-state index in [2.05, 4.69) is 5.10 Å². The number of methoxy groups -OCH3 is 1. The number of carbonyl (C=O) groups excluding carboxylic acids is 1. The molecular weight excluding hydrogens is 240 g/mol. The van der Waals surface area contributed by atoms with Gasteiger partial charge in [0.25, 0.3) is 5.91 Å². The molecule has 19 heavy (non-hydrogen) atoms. The zero-order valence-electron chi connectivity index (χ0n) is 10.9. The van der Waals surface area contributed by atoms with E-state index in [9.17, 15) is 4.79 Å². The third-order valence-corrected chi connectivity index (χ3v) is 3.97. The number of rotatable bonds is 3. The summed E-state index contributed by atoms with van der Waals surface area (Å²) in [6.07, 6.45) is 6.21. The van der Waals surface area contributed by atoms with Gasteiger partial charge in [0.1, 0.15) is 5.75 Å². The molecular formula is C15H16N2O2. The Bertz CT molecular complexity index is 569. The van der Waals surface area contributed by atoms with Gasteiger partial charge in [-0.15, -0.1) is 0 Å². The standard InChI is InChI=1S/C15H16N2O2/c1-19-13-6-4-12(5-7-13)15(8-2-9-15)14(18)17-11-3-10-16-17/h3-7,10-11H,2,8-9H2,1H3. The highest BCUT2D eigenvalue weighted by Gasteiger charge is 2.46. The van der Waals surface area contributed by atoms with Crippen molar-refractivity contribution in [3.05, 3.63) is 48.3 Å². The molecule has 0 unspecified atom stereocenters. The van der Waals surface area contributed by atoms with Crippen LogP contribution in [0.1, 0.15) is 29.6 Å². The highest BCUT2D eigenvalue weighted by Crippen LogP contribution is 2.45. The topological polar surface area (TPSA) is 44.1 Å². The summed E-state index contributed by atoms with van der Waals surface area (Å²) in [5.41, 5.74) is 0.651. The number of hydrogen-bond acceptors (Lipinski definition) is 3. The van der Waals surface area contributed by atoms with Crippen molar-refractivity contribution in [2.24, 2.45) is 0 Å². The first-order valence-electron chi connectivity index (χ1n) is 6.45. The van der Waals surface area contributed by atoms with E-state index in [0.717, 1.165) is 30.6 Å². The Morgan fingerprint density at radius 1 is 1.32 bits per heavy atom. The van der Waals surface area contributed by atoms with Crippen molar-refractivity contribution in [2.45, 2.75) is 24.7 Å². The predicted molar refractivity (Wildman–Crippen MR) is 71.4 cm³/mol. The van der Waals surface area contributed by atoms with Crippen LogP contribution in [0.15, 0.2) is 42.7 Å². The number of ether oxygens (including phenoxy) is 1. The molecule has 1 aromatic carbocycles. The average molecular weight is 256 g/mol. The molecule has 0 atom stereocenters. The normalized spacial score (nSPS) is 16.7. The maximum atomic E-state index is 12.6. The fourth-order valence-electron chi connectivity index (χ4n) is 2.67. The second-order valence-corrected chi connectivity index (χ2v) is 4.92. The Kier molecular flexibility index (Phi) is 2.85. The lowest BCUT2D eigenvalue weighted by Gasteiger charge is -2.40. The van der Waals surface area contributed by atoms with E-state index in [0.29, 0.717) is 0 Å². The second-order valence-electron chi connectivity index (χ2n) is 4.92. The van der Waals surface area contributed by atoms with Gasteiger partial charge in [0.05, 0.1) is 12.5 Å². The molecule has 0 aliphatic heterocycles. The van der Waals surface area contributed by atoms with Crippen LogP contribution in [-0.2, 0) is 5.41 Å². The van der Waals surface area contributed by atoms with Crippen molar-refractivity contribution in [1.82, 2.24) is 9.78 Å². The third-order valence-electron chi connectivity index (χ3n) is 3.97. The Balaban J connectivity index is 1.96. The number of benzene rings is 1. The summed E-state index contributed by atoms with van der Waals surface area (Å²) in [4.78, 5) is 12.6. The fraction of sp³-hybridized carbons (Fsp3) is 0.333. The minimum atomic E-state index is -0.404. The molecule has 1 fully saturated rings. The Morgan fingerprint density at radius 2 is 2.05 bits per heavy atom. The largest absolute Gasteiger partial charge is 0.497 e. The smallest absolute Gasteiger partial charge is 0.257 e. The number of hydrogen-bond donors (Lipinski definition) is 0. The van der Waals surface area contributed by atoms with Gasteiger partial charge in [-0.3, -0.25) is 4.79 Å². The lowest BCUT2D eigenvalue weighted by Crippen LogP contribution is -2.45. The van der Waals surface area contributed by atoms with E-state index in [1.807, 2.05) is 24.3 Å². The van der Waals surface area contributed by atoms with Crippen LogP contribution in [-0.4, -0.2) is 22.8 Å². The summed E-state index contributed by atoms with van der Waals surface area (Å²) in [5, 5.41) is 4.07. The van der Waals surface area contributed by atoms with E-state index < -0.39 is 5.41 Å². The van der Waals surface area contributed by atoms with Gasteiger partial charge < -0.3 is 4.74 Å². The van der Waals surface area contributed by atoms with E-state index in [4.69, 9.17) is 4.74 Å². The molecule has 0 radical (unpaired) electrons. The van der Waals surface area contributed by atoms with Crippen molar-refractivity contribution in [3.8, 4) is 5.75 Å². The molecule has 1 aliphatic rings. The average Bonchev–Trinajstić information content (AvgIpc) is 2.92. The SMILES string of the molecule is COc1ccc(C2(C(=O)n3cccn3)CCC2)cc1. The van der Waals surface area contributed by atoms with Gasteiger partial charge in [0, 0.05) is 12.4 Å². The fourth-order valence-corrected chi connectivity index (χ4v) is 2.67. The molecule has 0 amide bonds. The monoisotopic (exact) mass is 256 g/mol. The number of carbonyl (C=O) groups is 1. The van der Waals surface area contributed by atoms with Crippen LogP contribution in [0.25, 0.3) is 0 Å². The maximum Gasteiger partial charge on any atom is 0.257 e. The van der Waals surface area contributed by atoms with Gasteiger partial charge in [-0.25, -0.2) is 4.68 Å². The quantitative estimate of drug-likeness (QED) is 0.848. The molecule has 0 bridgehead atoms. The second kappa shape index (κ2) is 4.53. The van der Waals surface area contributed by atoms with Crippen molar-refractivity contribution >= 4 is 5.91 Å². The molecule has 0 spiro atoms. The first-order valence-corrected chi connectivity index (χ1v) is 6.45. The minimum Gasteiger partial charge on any atom is -0.497 e. The Morgan fingerprint density at radius 3 is 2.53 bits per heavy atom. The van der Waals surface area contributed by atoms with E-state index >= 15 is 0 Å². The predicted octanol–water partition coefficient (Wildman–Crippen LogP) is 2.65. The summed E-state index contributed by atoms with van der Waals surface area (Å²) in [6.45, 7) is 0. The summed E-state index contributed by atoms with van der Waals surface area (Å²) >= 11 is 0. The van der Waals surface area contributed by atoms with Crippen LogP contribution in [0.4, 0.5) is 0 Å². The summed E-state index contributed by atoms with van der Waals surface area (Å²) in [6, 6.07) is 9.56. The van der Waals surface area contributed by atoms with Crippen molar-refractivity contribution in [2.75, 3.05) is 7.11 Å². The zero-order chi connectivity index (χ0) is 13.3. The van der Waals surface area contributed by atoms with Crippen LogP contribution >= 0.6 is 0 Å². The van der Waals surface area contributed by atoms with Gasteiger partial charge in [0.15, 0.2) is 0 Å². The third kappa shape index (κ3) is 1.84. The van der Waals surface area contributed by atoms with Gasteiger partial charge in [-0.2, -0.15) is 5.10 Å². The Hall–Kier alpha value is -2.10. The summed E-state index contributed by atoms with van der Waals surface area (Å²) in [5.74, 6) is 0.874.